The molecule has 1 N–H and O–H groups in total. The molecule has 96 valence electrons. The number of amides is 1. The van der Waals surface area contributed by atoms with Gasteiger partial charge in [-0.3, -0.25) is 4.79 Å². The molecule has 5 nitrogen and oxygen atoms in total. The van der Waals surface area contributed by atoms with Gasteiger partial charge in [0.05, 0.1) is 12.2 Å². The third-order valence-electron chi connectivity index (χ3n) is 2.49. The van der Waals surface area contributed by atoms with Crippen molar-refractivity contribution < 1.29 is 9.53 Å². The van der Waals surface area contributed by atoms with Gasteiger partial charge in [-0.1, -0.05) is 0 Å². The first kappa shape index (κ1) is 13.0. The van der Waals surface area contributed by atoms with Crippen LogP contribution in [-0.4, -0.2) is 29.0 Å². The average Bonchev–Trinajstić information content (AvgIpc) is 2.70. The van der Waals surface area contributed by atoms with Crippen LogP contribution in [0.4, 0.5) is 0 Å². The minimum absolute atomic E-state index is 0.0674. The summed E-state index contributed by atoms with van der Waals surface area (Å²) in [7, 11) is 1.49. The van der Waals surface area contributed by atoms with Gasteiger partial charge in [-0.05, 0) is 34.5 Å². The third kappa shape index (κ3) is 2.88. The number of halogens is 1. The highest BCUT2D eigenvalue weighted by Gasteiger charge is 2.06. The van der Waals surface area contributed by atoms with Gasteiger partial charge in [0.25, 0.3) is 0 Å². The van der Waals surface area contributed by atoms with Crippen molar-refractivity contribution in [1.29, 1.82) is 0 Å². The molecule has 0 saturated carbocycles. The van der Waals surface area contributed by atoms with Crippen molar-refractivity contribution in [3.05, 3.63) is 34.2 Å². The predicted octanol–water partition coefficient (Wildman–Crippen LogP) is 1.67. The number of fused-ring (bicyclic) bond motifs is 1. The Morgan fingerprint density at radius 3 is 3.06 bits per heavy atom. The molecule has 0 spiro atoms. The summed E-state index contributed by atoms with van der Waals surface area (Å²) < 4.78 is 7.68. The lowest BCUT2D eigenvalue weighted by Crippen LogP contribution is -2.26. The second-order valence-corrected chi connectivity index (χ2v) is 4.93. The van der Waals surface area contributed by atoms with Crippen LogP contribution < -0.4 is 5.32 Å². The maximum atomic E-state index is 11.3. The molecule has 0 atom stereocenters. The third-order valence-corrected chi connectivity index (χ3v) is 2.93. The first-order valence-corrected chi connectivity index (χ1v) is 6.29. The second kappa shape index (κ2) is 5.49. The minimum Gasteiger partial charge on any atom is -0.375 e. The number of nitrogens with one attached hydrogen (secondary N) is 1. The van der Waals surface area contributed by atoms with Gasteiger partial charge in [-0.25, -0.2) is 4.98 Å². The van der Waals surface area contributed by atoms with Gasteiger partial charge in [-0.2, -0.15) is 0 Å². The maximum Gasteiger partial charge on any atom is 0.246 e. The number of hydrogen-bond donors (Lipinski definition) is 1. The second-order valence-electron chi connectivity index (χ2n) is 4.01. The van der Waals surface area contributed by atoms with Gasteiger partial charge in [0.15, 0.2) is 0 Å². The van der Waals surface area contributed by atoms with Gasteiger partial charge in [0, 0.05) is 24.0 Å². The van der Waals surface area contributed by atoms with Crippen molar-refractivity contribution in [3.8, 4) is 0 Å². The quantitative estimate of drug-likeness (QED) is 0.934. The van der Waals surface area contributed by atoms with E-state index in [0.29, 0.717) is 6.54 Å². The molecule has 0 aliphatic carbocycles. The number of carbonyl (C=O) groups is 1. The van der Waals surface area contributed by atoms with Gasteiger partial charge in [-0.15, -0.1) is 0 Å². The Bertz CT molecular complexity index is 580. The summed E-state index contributed by atoms with van der Waals surface area (Å²) in [6.07, 6.45) is 3.84. The molecule has 0 unspecified atom stereocenters. The lowest BCUT2D eigenvalue weighted by atomic mass is 10.3. The van der Waals surface area contributed by atoms with E-state index in [9.17, 15) is 4.79 Å². The number of hydrogen-bond acceptors (Lipinski definition) is 3. The normalized spacial score (nSPS) is 10.8. The zero-order valence-electron chi connectivity index (χ0n) is 10.2. The standard InChI is InChI=1S/C12H14BrN3O2/c1-8-3-9(13)5-16-6-10(15-12(8)16)4-14-11(17)7-18-2/h3,5-6H,4,7H2,1-2H3,(H,14,17). The van der Waals surface area contributed by atoms with Crippen LogP contribution in [0.5, 0.6) is 0 Å². The molecule has 0 aromatic carbocycles. The Morgan fingerprint density at radius 2 is 2.33 bits per heavy atom. The Hall–Kier alpha value is -1.40. The molecular formula is C12H14BrN3O2. The molecule has 2 rings (SSSR count). The molecule has 0 bridgehead atoms. The number of aryl methyl sites for hydroxylation is 1. The molecule has 0 fully saturated rings. The number of methoxy groups -OCH3 is 1. The van der Waals surface area contributed by atoms with Gasteiger partial charge < -0.3 is 14.5 Å². The SMILES string of the molecule is COCC(=O)NCc1cn2cc(Br)cc(C)c2n1. The van der Waals surface area contributed by atoms with E-state index in [4.69, 9.17) is 4.74 Å². The van der Waals surface area contributed by atoms with E-state index >= 15 is 0 Å². The van der Waals surface area contributed by atoms with Crippen LogP contribution in [0.3, 0.4) is 0 Å². The summed E-state index contributed by atoms with van der Waals surface area (Å²) in [6, 6.07) is 2.01. The Balaban J connectivity index is 2.15. The van der Waals surface area contributed by atoms with Crippen LogP contribution in [-0.2, 0) is 16.1 Å². The Labute approximate surface area is 113 Å². The van der Waals surface area contributed by atoms with Gasteiger partial charge in [0.2, 0.25) is 5.91 Å². The van der Waals surface area contributed by atoms with E-state index in [1.165, 1.54) is 7.11 Å². The number of rotatable bonds is 4. The molecule has 0 saturated heterocycles. The van der Waals surface area contributed by atoms with E-state index in [1.807, 2.05) is 29.8 Å². The molecule has 0 radical (unpaired) electrons. The van der Waals surface area contributed by atoms with E-state index in [0.717, 1.165) is 21.4 Å². The summed E-state index contributed by atoms with van der Waals surface area (Å²) >= 11 is 3.44. The monoisotopic (exact) mass is 311 g/mol. The predicted molar refractivity (Wildman–Crippen MR) is 71.4 cm³/mol. The van der Waals surface area contributed by atoms with Crippen molar-refractivity contribution in [2.24, 2.45) is 0 Å². The largest absolute Gasteiger partial charge is 0.375 e. The topological polar surface area (TPSA) is 55.6 Å². The van der Waals surface area contributed by atoms with Crippen molar-refractivity contribution in [2.75, 3.05) is 13.7 Å². The molecule has 0 aliphatic heterocycles. The summed E-state index contributed by atoms with van der Waals surface area (Å²) in [5.41, 5.74) is 2.80. The first-order chi connectivity index (χ1) is 8.60. The lowest BCUT2D eigenvalue weighted by molar-refractivity contribution is -0.124. The van der Waals surface area contributed by atoms with Crippen molar-refractivity contribution in [1.82, 2.24) is 14.7 Å². The first-order valence-electron chi connectivity index (χ1n) is 5.49. The number of nitrogens with zero attached hydrogens (tertiary/aromatic N) is 2. The van der Waals surface area contributed by atoms with Gasteiger partial charge >= 0.3 is 0 Å². The lowest BCUT2D eigenvalue weighted by Gasteiger charge is -2.00. The van der Waals surface area contributed by atoms with Crippen molar-refractivity contribution in [2.45, 2.75) is 13.5 Å². The fourth-order valence-electron chi connectivity index (χ4n) is 1.73. The van der Waals surface area contributed by atoms with Crippen molar-refractivity contribution in [3.63, 3.8) is 0 Å². The Morgan fingerprint density at radius 1 is 1.56 bits per heavy atom. The van der Waals surface area contributed by atoms with Crippen LogP contribution in [0.1, 0.15) is 11.3 Å². The van der Waals surface area contributed by atoms with E-state index in [2.05, 4.69) is 26.2 Å². The van der Waals surface area contributed by atoms with Crippen LogP contribution in [0, 0.1) is 6.92 Å². The highest BCUT2D eigenvalue weighted by atomic mass is 79.9. The summed E-state index contributed by atoms with van der Waals surface area (Å²) in [6.45, 7) is 2.47. The highest BCUT2D eigenvalue weighted by molar-refractivity contribution is 9.10. The average molecular weight is 312 g/mol. The van der Waals surface area contributed by atoms with Crippen LogP contribution in [0.15, 0.2) is 22.9 Å². The molecule has 0 aliphatic rings. The fourth-order valence-corrected chi connectivity index (χ4v) is 2.30. The minimum atomic E-state index is -0.146. The van der Waals surface area contributed by atoms with Crippen LogP contribution in [0.25, 0.3) is 5.65 Å². The summed E-state index contributed by atoms with van der Waals surface area (Å²) in [5.74, 6) is -0.146. The van der Waals surface area contributed by atoms with Crippen molar-refractivity contribution >= 4 is 27.5 Å². The molecule has 2 aromatic heterocycles. The van der Waals surface area contributed by atoms with E-state index in [1.54, 1.807) is 0 Å². The molecule has 1 amide bonds. The zero-order valence-corrected chi connectivity index (χ0v) is 11.8. The smallest absolute Gasteiger partial charge is 0.246 e. The molecule has 18 heavy (non-hydrogen) atoms. The van der Waals surface area contributed by atoms with E-state index < -0.39 is 0 Å². The number of aromatic nitrogens is 2. The summed E-state index contributed by atoms with van der Waals surface area (Å²) in [5, 5.41) is 2.74. The molecular weight excluding hydrogens is 298 g/mol. The number of ether oxygens (including phenoxy) is 1. The molecule has 2 aromatic rings. The van der Waals surface area contributed by atoms with Crippen LogP contribution >= 0.6 is 15.9 Å². The number of imidazole rings is 1. The van der Waals surface area contributed by atoms with Gasteiger partial charge in [0.1, 0.15) is 12.3 Å². The Kier molecular flexibility index (Phi) is 3.98. The number of carbonyl (C=O) groups excluding carboxylic acids is 1. The summed E-state index contributed by atoms with van der Waals surface area (Å²) in [4.78, 5) is 15.7. The molecule has 6 heteroatoms. The molecule has 2 heterocycles. The highest BCUT2D eigenvalue weighted by Crippen LogP contribution is 2.17. The maximum absolute atomic E-state index is 11.3. The zero-order chi connectivity index (χ0) is 13.1. The fraction of sp³-hybridized carbons (Fsp3) is 0.333. The van der Waals surface area contributed by atoms with Crippen LogP contribution in [0.2, 0.25) is 0 Å². The van der Waals surface area contributed by atoms with E-state index in [-0.39, 0.29) is 12.5 Å². The number of pyridine rings is 1.